The Bertz CT molecular complexity index is 329. The normalized spacial score (nSPS) is 20.7. The largest absolute Gasteiger partial charge is 0.495 e. The molecule has 0 aromatic carbocycles. The van der Waals surface area contributed by atoms with E-state index in [9.17, 15) is 0 Å². The molecule has 1 fully saturated rings. The lowest BCUT2D eigenvalue weighted by molar-refractivity contribution is 0.412. The van der Waals surface area contributed by atoms with Crippen molar-refractivity contribution in [2.75, 3.05) is 25.6 Å². The first-order valence-electron chi connectivity index (χ1n) is 5.28. The Hall–Kier alpha value is -1.29. The molecular weight excluding hydrogens is 190 g/mol. The zero-order chi connectivity index (χ0) is 10.7. The molecule has 1 aliphatic heterocycles. The second kappa shape index (κ2) is 4.49. The van der Waals surface area contributed by atoms with Gasteiger partial charge in [-0.3, -0.25) is 4.98 Å². The maximum Gasteiger partial charge on any atom is 0.139 e. The van der Waals surface area contributed by atoms with E-state index in [0.29, 0.717) is 6.17 Å². The van der Waals surface area contributed by atoms with E-state index in [4.69, 9.17) is 4.74 Å². The van der Waals surface area contributed by atoms with Crippen LogP contribution >= 0.6 is 0 Å². The molecule has 1 atom stereocenters. The van der Waals surface area contributed by atoms with Crippen LogP contribution in [-0.2, 0) is 0 Å². The van der Waals surface area contributed by atoms with Gasteiger partial charge in [-0.2, -0.15) is 0 Å². The summed E-state index contributed by atoms with van der Waals surface area (Å²) >= 11 is 0. The maximum atomic E-state index is 5.17. The molecule has 4 nitrogen and oxygen atoms in total. The summed E-state index contributed by atoms with van der Waals surface area (Å²) < 4.78 is 5.17. The van der Waals surface area contributed by atoms with Gasteiger partial charge in [-0.25, -0.2) is 0 Å². The lowest BCUT2D eigenvalue weighted by atomic mass is 10.3. The zero-order valence-corrected chi connectivity index (χ0v) is 9.23. The summed E-state index contributed by atoms with van der Waals surface area (Å²) in [6.07, 6.45) is 6.46. The first-order chi connectivity index (χ1) is 7.35. The minimum Gasteiger partial charge on any atom is -0.495 e. The molecule has 82 valence electrons. The van der Waals surface area contributed by atoms with Crippen molar-refractivity contribution in [2.45, 2.75) is 19.0 Å². The highest BCUT2D eigenvalue weighted by Gasteiger charge is 2.23. The number of nitrogens with zero attached hydrogens (tertiary/aromatic N) is 2. The minimum atomic E-state index is 0.430. The smallest absolute Gasteiger partial charge is 0.139 e. The Morgan fingerprint density at radius 1 is 1.53 bits per heavy atom. The van der Waals surface area contributed by atoms with Crippen molar-refractivity contribution in [1.82, 2.24) is 10.3 Å². The summed E-state index contributed by atoms with van der Waals surface area (Å²) in [5.41, 5.74) is 1.13. The van der Waals surface area contributed by atoms with Crippen LogP contribution in [0.4, 0.5) is 5.69 Å². The number of methoxy groups -OCH3 is 1. The highest BCUT2D eigenvalue weighted by molar-refractivity contribution is 5.49. The van der Waals surface area contributed by atoms with E-state index in [2.05, 4.69) is 15.2 Å². The van der Waals surface area contributed by atoms with Gasteiger partial charge in [0.2, 0.25) is 0 Å². The fourth-order valence-electron chi connectivity index (χ4n) is 2.05. The van der Waals surface area contributed by atoms with Crippen molar-refractivity contribution in [3.63, 3.8) is 0 Å². The van der Waals surface area contributed by atoms with Crippen molar-refractivity contribution in [3.8, 4) is 5.75 Å². The van der Waals surface area contributed by atoms with Crippen molar-refractivity contribution < 1.29 is 4.74 Å². The highest BCUT2D eigenvalue weighted by atomic mass is 16.5. The summed E-state index contributed by atoms with van der Waals surface area (Å²) in [5, 5.41) is 3.31. The van der Waals surface area contributed by atoms with Crippen molar-refractivity contribution >= 4 is 5.69 Å². The van der Waals surface area contributed by atoms with E-state index in [-0.39, 0.29) is 0 Å². The van der Waals surface area contributed by atoms with Crippen LogP contribution in [-0.4, -0.2) is 31.9 Å². The van der Waals surface area contributed by atoms with Gasteiger partial charge < -0.3 is 15.0 Å². The van der Waals surface area contributed by atoms with Crippen LogP contribution in [0.25, 0.3) is 0 Å². The second-order valence-corrected chi connectivity index (χ2v) is 3.72. The zero-order valence-electron chi connectivity index (χ0n) is 9.23. The van der Waals surface area contributed by atoms with E-state index in [1.807, 2.05) is 19.3 Å². The first-order valence-corrected chi connectivity index (χ1v) is 5.28. The van der Waals surface area contributed by atoms with E-state index in [0.717, 1.165) is 18.0 Å². The van der Waals surface area contributed by atoms with Crippen LogP contribution in [0.2, 0.25) is 0 Å². The Labute approximate surface area is 90.3 Å². The molecule has 15 heavy (non-hydrogen) atoms. The number of anilines is 1. The number of nitrogens with one attached hydrogen (secondary N) is 1. The van der Waals surface area contributed by atoms with Crippen LogP contribution in [0.15, 0.2) is 18.5 Å². The lowest BCUT2D eigenvalue weighted by Crippen LogP contribution is -2.39. The molecule has 0 saturated carbocycles. The van der Waals surface area contributed by atoms with Crippen LogP contribution < -0.4 is 15.0 Å². The van der Waals surface area contributed by atoms with Gasteiger partial charge in [-0.05, 0) is 19.9 Å². The van der Waals surface area contributed by atoms with Gasteiger partial charge in [0, 0.05) is 12.6 Å². The molecule has 1 aromatic heterocycles. The van der Waals surface area contributed by atoms with E-state index < -0.39 is 0 Å². The molecule has 1 aromatic rings. The average molecular weight is 207 g/mol. The molecule has 1 saturated heterocycles. The lowest BCUT2D eigenvalue weighted by Gasteiger charge is -2.26. The molecule has 0 spiro atoms. The fourth-order valence-corrected chi connectivity index (χ4v) is 2.05. The molecule has 0 amide bonds. The highest BCUT2D eigenvalue weighted by Crippen LogP contribution is 2.25. The van der Waals surface area contributed by atoms with Gasteiger partial charge in [0.1, 0.15) is 5.75 Å². The Morgan fingerprint density at radius 2 is 2.40 bits per heavy atom. The van der Waals surface area contributed by atoms with Gasteiger partial charge in [0.25, 0.3) is 0 Å². The molecule has 1 unspecified atom stereocenters. The third-order valence-electron chi connectivity index (χ3n) is 2.85. The van der Waals surface area contributed by atoms with Crippen molar-refractivity contribution in [3.05, 3.63) is 18.5 Å². The van der Waals surface area contributed by atoms with E-state index in [1.54, 1.807) is 13.3 Å². The Kier molecular flexibility index (Phi) is 3.06. The van der Waals surface area contributed by atoms with Gasteiger partial charge in [0.15, 0.2) is 0 Å². The number of ether oxygens (including phenoxy) is 1. The molecule has 1 N–H and O–H groups in total. The van der Waals surface area contributed by atoms with Crippen LogP contribution in [0, 0.1) is 0 Å². The molecule has 4 heteroatoms. The standard InChI is InChI=1S/C11H17N3O/c1-12-11-4-3-5-14(11)9-6-10(15-2)8-13-7-9/h6-8,11-12H,3-5H2,1-2H3. The third kappa shape index (κ3) is 2.04. The molecule has 2 heterocycles. The topological polar surface area (TPSA) is 37.4 Å². The Morgan fingerprint density at radius 3 is 3.13 bits per heavy atom. The molecule has 0 aliphatic carbocycles. The summed E-state index contributed by atoms with van der Waals surface area (Å²) in [4.78, 5) is 6.50. The average Bonchev–Trinajstić information content (AvgIpc) is 2.77. The predicted octanol–water partition coefficient (Wildman–Crippen LogP) is 1.24. The first kappa shape index (κ1) is 10.2. The second-order valence-electron chi connectivity index (χ2n) is 3.72. The van der Waals surface area contributed by atoms with Gasteiger partial charge in [0.05, 0.1) is 31.4 Å². The van der Waals surface area contributed by atoms with Gasteiger partial charge in [-0.1, -0.05) is 0 Å². The molecule has 0 radical (unpaired) electrons. The summed E-state index contributed by atoms with van der Waals surface area (Å²) in [6.45, 7) is 1.08. The van der Waals surface area contributed by atoms with E-state index in [1.165, 1.54) is 12.8 Å². The van der Waals surface area contributed by atoms with Crippen LogP contribution in [0.1, 0.15) is 12.8 Å². The van der Waals surface area contributed by atoms with E-state index >= 15 is 0 Å². The predicted molar refractivity (Wildman–Crippen MR) is 60.2 cm³/mol. The molecule has 2 rings (SSSR count). The number of rotatable bonds is 3. The molecule has 0 bridgehead atoms. The molecule has 1 aliphatic rings. The number of aromatic nitrogens is 1. The van der Waals surface area contributed by atoms with Gasteiger partial charge in [-0.15, -0.1) is 0 Å². The third-order valence-corrected chi connectivity index (χ3v) is 2.85. The summed E-state index contributed by atoms with van der Waals surface area (Å²) in [7, 11) is 3.66. The van der Waals surface area contributed by atoms with Crippen LogP contribution in [0.3, 0.4) is 0 Å². The van der Waals surface area contributed by atoms with Crippen molar-refractivity contribution in [1.29, 1.82) is 0 Å². The number of hydrogen-bond acceptors (Lipinski definition) is 4. The summed E-state index contributed by atoms with van der Waals surface area (Å²) in [6, 6.07) is 2.03. The SMILES string of the molecule is CNC1CCCN1c1cncc(OC)c1. The fraction of sp³-hybridized carbons (Fsp3) is 0.545. The molecular formula is C11H17N3O. The Balaban J connectivity index is 2.20. The quantitative estimate of drug-likeness (QED) is 0.809. The van der Waals surface area contributed by atoms with Crippen molar-refractivity contribution in [2.24, 2.45) is 0 Å². The number of pyridine rings is 1. The van der Waals surface area contributed by atoms with Gasteiger partial charge >= 0.3 is 0 Å². The number of hydrogen-bond donors (Lipinski definition) is 1. The minimum absolute atomic E-state index is 0.430. The monoisotopic (exact) mass is 207 g/mol. The van der Waals surface area contributed by atoms with Crippen LogP contribution in [0.5, 0.6) is 5.75 Å². The summed E-state index contributed by atoms with van der Waals surface area (Å²) in [5.74, 6) is 0.814. The maximum absolute atomic E-state index is 5.17.